The normalized spacial score (nSPS) is 19.3. The molecule has 2 fully saturated rings. The van der Waals surface area contributed by atoms with Crippen LogP contribution in [0.25, 0.3) is 28.4 Å². The number of pyridine rings is 1. The maximum atomic E-state index is 14.0. The van der Waals surface area contributed by atoms with Gasteiger partial charge in [-0.05, 0) is 67.3 Å². The Hall–Kier alpha value is -4.44. The minimum absolute atomic E-state index is 0.0720. The third kappa shape index (κ3) is 4.46. The Morgan fingerprint density at radius 3 is 2.62 bits per heavy atom. The zero-order chi connectivity index (χ0) is 26.3. The maximum Gasteiger partial charge on any atom is 0.225 e. The number of imidazole rings is 1. The number of hydrogen-bond donors (Lipinski definition) is 1. The van der Waals surface area contributed by atoms with Crippen molar-refractivity contribution < 1.29 is 9.50 Å². The average molecular weight is 523 g/mol. The lowest BCUT2D eigenvalue weighted by molar-refractivity contribution is 0.198. The molecule has 39 heavy (non-hydrogen) atoms. The summed E-state index contributed by atoms with van der Waals surface area (Å²) in [4.78, 5) is 22.8. The van der Waals surface area contributed by atoms with E-state index in [2.05, 4.69) is 14.9 Å². The molecule has 196 valence electrons. The molecule has 0 radical (unpaired) electrons. The quantitative estimate of drug-likeness (QED) is 0.365. The molecule has 2 saturated heterocycles. The number of benzene rings is 1. The first-order valence-electron chi connectivity index (χ1n) is 13.2. The zero-order valence-corrected chi connectivity index (χ0v) is 21.2. The number of hydrogen-bond acceptors (Lipinski definition) is 8. The smallest absolute Gasteiger partial charge is 0.225 e. The Bertz CT molecular complexity index is 1660. The molecular formula is C29H27FN8O. The van der Waals surface area contributed by atoms with Crippen molar-refractivity contribution in [3.8, 4) is 22.8 Å². The van der Waals surface area contributed by atoms with Gasteiger partial charge in [0.1, 0.15) is 17.3 Å². The van der Waals surface area contributed by atoms with Crippen molar-refractivity contribution in [2.24, 2.45) is 0 Å². The van der Waals surface area contributed by atoms with E-state index in [0.717, 1.165) is 54.3 Å². The number of anilines is 2. The largest absolute Gasteiger partial charge is 0.391 e. The summed E-state index contributed by atoms with van der Waals surface area (Å²) < 4.78 is 15.8. The lowest BCUT2D eigenvalue weighted by Gasteiger charge is -2.26. The number of β-amino-alcohol motifs (C(OH)–C–C–N with tert-alkyl or cyclic N) is 1. The molecule has 4 aromatic heterocycles. The van der Waals surface area contributed by atoms with E-state index in [4.69, 9.17) is 15.1 Å². The van der Waals surface area contributed by atoms with Crippen LogP contribution >= 0.6 is 0 Å². The maximum absolute atomic E-state index is 14.0. The zero-order valence-electron chi connectivity index (χ0n) is 21.2. The van der Waals surface area contributed by atoms with Gasteiger partial charge in [-0.2, -0.15) is 0 Å². The molecule has 0 saturated carbocycles. The molecule has 0 spiro atoms. The highest BCUT2D eigenvalue weighted by Crippen LogP contribution is 2.36. The van der Waals surface area contributed by atoms with Crippen molar-refractivity contribution in [1.82, 2.24) is 29.5 Å². The van der Waals surface area contributed by atoms with Gasteiger partial charge >= 0.3 is 0 Å². The van der Waals surface area contributed by atoms with Gasteiger partial charge in [0.15, 0.2) is 5.65 Å². The van der Waals surface area contributed by atoms with E-state index in [0.29, 0.717) is 30.3 Å². The molecule has 0 amide bonds. The first-order valence-corrected chi connectivity index (χ1v) is 13.2. The minimum atomic E-state index is -0.351. The average Bonchev–Trinajstić information content (AvgIpc) is 3.72. The molecule has 7 rings (SSSR count). The lowest BCUT2D eigenvalue weighted by atomic mass is 10.0. The van der Waals surface area contributed by atoms with E-state index >= 15 is 0 Å². The summed E-state index contributed by atoms with van der Waals surface area (Å²) in [6, 6.07) is 18.5. The molecule has 10 heteroatoms. The van der Waals surface area contributed by atoms with Crippen LogP contribution in [-0.2, 0) is 0 Å². The molecule has 1 N–H and O–H groups in total. The van der Waals surface area contributed by atoms with E-state index in [1.54, 1.807) is 24.5 Å². The van der Waals surface area contributed by atoms with E-state index < -0.39 is 0 Å². The van der Waals surface area contributed by atoms with E-state index in [1.165, 1.54) is 6.07 Å². The van der Waals surface area contributed by atoms with Crippen molar-refractivity contribution >= 4 is 17.4 Å². The van der Waals surface area contributed by atoms with Crippen LogP contribution in [0, 0.1) is 5.82 Å². The highest BCUT2D eigenvalue weighted by Gasteiger charge is 2.28. The van der Waals surface area contributed by atoms with Gasteiger partial charge in [0.25, 0.3) is 0 Å². The number of nitrogens with zero attached hydrogens (tertiary/aromatic N) is 8. The first kappa shape index (κ1) is 23.7. The summed E-state index contributed by atoms with van der Waals surface area (Å²) >= 11 is 0. The summed E-state index contributed by atoms with van der Waals surface area (Å²) in [5.41, 5.74) is 4.60. The van der Waals surface area contributed by atoms with Gasteiger partial charge in [0.05, 0.1) is 35.4 Å². The predicted octanol–water partition coefficient (Wildman–Crippen LogP) is 4.30. The second-order valence-corrected chi connectivity index (χ2v) is 10.0. The molecule has 0 unspecified atom stereocenters. The summed E-state index contributed by atoms with van der Waals surface area (Å²) in [7, 11) is 0. The van der Waals surface area contributed by atoms with Crippen molar-refractivity contribution in [1.29, 1.82) is 0 Å². The standard InChI is InChI=1S/C29H27FN8O/c30-20-5-1-4-19(16-20)25-8-3-14-37(25)28-10-9-27-32-17-26(38(27)35-28)24-7-2-6-22(33-24)23-11-13-31-29(34-23)36-15-12-21(39)18-36/h1-2,4-7,9-11,13,16-17,21,25,39H,3,8,12,14-15,18H2/t21-,25-/m1/s1. The summed E-state index contributed by atoms with van der Waals surface area (Å²) in [5, 5.41) is 14.9. The van der Waals surface area contributed by atoms with Crippen molar-refractivity contribution in [2.45, 2.75) is 31.4 Å². The Balaban J connectivity index is 1.22. The Labute approximate surface area is 224 Å². The molecule has 6 heterocycles. The number of halogens is 1. The molecule has 0 aliphatic carbocycles. The van der Waals surface area contributed by atoms with Gasteiger partial charge in [0.2, 0.25) is 5.95 Å². The fraction of sp³-hybridized carbons (Fsp3) is 0.276. The lowest BCUT2D eigenvalue weighted by Crippen LogP contribution is -2.24. The van der Waals surface area contributed by atoms with Gasteiger partial charge in [-0.15, -0.1) is 5.10 Å². The number of rotatable bonds is 5. The van der Waals surface area contributed by atoms with Crippen LogP contribution in [-0.4, -0.2) is 60.4 Å². The van der Waals surface area contributed by atoms with Crippen LogP contribution in [0.15, 0.2) is 73.1 Å². The number of aliphatic hydroxyl groups excluding tert-OH is 1. The monoisotopic (exact) mass is 522 g/mol. The molecular weight excluding hydrogens is 495 g/mol. The van der Waals surface area contributed by atoms with Crippen molar-refractivity contribution in [3.05, 3.63) is 84.4 Å². The van der Waals surface area contributed by atoms with E-state index in [-0.39, 0.29) is 18.0 Å². The predicted molar refractivity (Wildman–Crippen MR) is 146 cm³/mol. The molecule has 2 atom stereocenters. The van der Waals surface area contributed by atoms with Gasteiger partial charge in [-0.1, -0.05) is 18.2 Å². The van der Waals surface area contributed by atoms with Crippen molar-refractivity contribution in [3.63, 3.8) is 0 Å². The molecule has 2 aliphatic heterocycles. The SMILES string of the molecule is O[C@@H]1CCN(c2nccc(-c3cccc(-c4cnc5ccc(N6CCC[C@@H]6c6cccc(F)c6)nn45)n3)n2)C1. The van der Waals surface area contributed by atoms with Crippen LogP contribution in [0.2, 0.25) is 0 Å². The Kier molecular flexibility index (Phi) is 5.89. The molecule has 2 aliphatic rings. The highest BCUT2D eigenvalue weighted by atomic mass is 19.1. The number of aliphatic hydroxyl groups is 1. The summed E-state index contributed by atoms with van der Waals surface area (Å²) in [6.45, 7) is 2.11. The minimum Gasteiger partial charge on any atom is -0.391 e. The van der Waals surface area contributed by atoms with E-state index in [1.807, 2.05) is 51.9 Å². The second-order valence-electron chi connectivity index (χ2n) is 10.0. The molecule has 9 nitrogen and oxygen atoms in total. The number of aromatic nitrogens is 6. The van der Waals surface area contributed by atoms with Crippen LogP contribution < -0.4 is 9.80 Å². The van der Waals surface area contributed by atoms with Gasteiger partial charge in [0, 0.05) is 25.8 Å². The van der Waals surface area contributed by atoms with Gasteiger partial charge in [-0.3, -0.25) is 0 Å². The van der Waals surface area contributed by atoms with Crippen molar-refractivity contribution in [2.75, 3.05) is 29.4 Å². The van der Waals surface area contributed by atoms with Crippen LogP contribution in [0.5, 0.6) is 0 Å². The third-order valence-electron chi connectivity index (χ3n) is 7.49. The summed E-state index contributed by atoms with van der Waals surface area (Å²) in [5.74, 6) is 1.19. The van der Waals surface area contributed by atoms with E-state index in [9.17, 15) is 9.50 Å². The fourth-order valence-corrected chi connectivity index (χ4v) is 5.58. The highest BCUT2D eigenvalue weighted by molar-refractivity contribution is 5.65. The molecule has 1 aromatic carbocycles. The second kappa shape index (κ2) is 9.70. The van der Waals surface area contributed by atoms with Crippen LogP contribution in [0.1, 0.15) is 30.9 Å². The fourth-order valence-electron chi connectivity index (χ4n) is 5.58. The van der Waals surface area contributed by atoms with Crippen LogP contribution in [0.4, 0.5) is 16.2 Å². The van der Waals surface area contributed by atoms with Gasteiger partial charge in [-0.25, -0.2) is 28.8 Å². The van der Waals surface area contributed by atoms with Crippen LogP contribution in [0.3, 0.4) is 0 Å². The third-order valence-corrected chi connectivity index (χ3v) is 7.49. The topological polar surface area (TPSA) is 95.6 Å². The molecule has 5 aromatic rings. The first-order chi connectivity index (χ1) is 19.1. The Morgan fingerprint density at radius 1 is 0.872 bits per heavy atom. The molecule has 0 bridgehead atoms. The Morgan fingerprint density at radius 2 is 1.74 bits per heavy atom. The number of fused-ring (bicyclic) bond motifs is 1. The summed E-state index contributed by atoms with van der Waals surface area (Å²) in [6.07, 6.45) is 5.83. The van der Waals surface area contributed by atoms with Gasteiger partial charge < -0.3 is 14.9 Å².